The predicted octanol–water partition coefficient (Wildman–Crippen LogP) is 2.29. The summed E-state index contributed by atoms with van der Waals surface area (Å²) in [5.41, 5.74) is 0. The molecular formula is C11H13ClN4O2S. The summed E-state index contributed by atoms with van der Waals surface area (Å²) in [5, 5.41) is 5.00. The fraction of sp³-hybridized carbons (Fsp3) is 0.455. The minimum atomic E-state index is -0.498. The summed E-state index contributed by atoms with van der Waals surface area (Å²) in [6, 6.07) is 0. The van der Waals surface area contributed by atoms with E-state index in [0.717, 1.165) is 35.8 Å². The molecule has 2 heterocycles. The van der Waals surface area contributed by atoms with Crippen molar-refractivity contribution in [3.8, 4) is 5.13 Å². The molecule has 0 aromatic carbocycles. The molecule has 0 unspecified atom stereocenters. The average Bonchev–Trinajstić information content (AvgIpc) is 3.00. The van der Waals surface area contributed by atoms with Gasteiger partial charge in [-0.2, -0.15) is 4.68 Å². The Kier molecular flexibility index (Phi) is 4.16. The van der Waals surface area contributed by atoms with Crippen LogP contribution in [0.25, 0.3) is 5.13 Å². The van der Waals surface area contributed by atoms with Gasteiger partial charge in [-0.25, -0.2) is 14.8 Å². The first-order valence-electron chi connectivity index (χ1n) is 5.80. The number of carbonyl (C=O) groups excluding carboxylic acids is 1. The SMILES string of the molecule is CCc1nc(CC)n(-c2nc(Cl)c(C(=O)OC)s2)n1. The first-order valence-corrected chi connectivity index (χ1v) is 6.99. The first-order chi connectivity index (χ1) is 9.10. The first kappa shape index (κ1) is 14.0. The van der Waals surface area contributed by atoms with E-state index < -0.39 is 5.97 Å². The van der Waals surface area contributed by atoms with Crippen molar-refractivity contribution in [3.63, 3.8) is 0 Å². The van der Waals surface area contributed by atoms with E-state index in [2.05, 4.69) is 19.8 Å². The van der Waals surface area contributed by atoms with E-state index in [9.17, 15) is 4.79 Å². The van der Waals surface area contributed by atoms with Crippen molar-refractivity contribution in [2.75, 3.05) is 7.11 Å². The van der Waals surface area contributed by atoms with Gasteiger partial charge in [-0.1, -0.05) is 36.8 Å². The highest BCUT2D eigenvalue weighted by Gasteiger charge is 2.20. The second-order valence-corrected chi connectivity index (χ2v) is 5.01. The summed E-state index contributed by atoms with van der Waals surface area (Å²) < 4.78 is 6.28. The van der Waals surface area contributed by atoms with Crippen molar-refractivity contribution >= 4 is 28.9 Å². The molecule has 0 bridgehead atoms. The number of nitrogens with zero attached hydrogens (tertiary/aromatic N) is 4. The highest BCUT2D eigenvalue weighted by Crippen LogP contribution is 2.27. The van der Waals surface area contributed by atoms with Crippen molar-refractivity contribution in [1.29, 1.82) is 0 Å². The third kappa shape index (κ3) is 2.62. The van der Waals surface area contributed by atoms with Crippen LogP contribution < -0.4 is 0 Å². The Morgan fingerprint density at radius 2 is 2.11 bits per heavy atom. The van der Waals surface area contributed by atoms with Crippen LogP contribution in [0.4, 0.5) is 0 Å². The second-order valence-electron chi connectivity index (χ2n) is 3.67. The smallest absolute Gasteiger partial charge is 0.351 e. The fourth-order valence-corrected chi connectivity index (χ4v) is 2.70. The van der Waals surface area contributed by atoms with Gasteiger partial charge in [-0.3, -0.25) is 0 Å². The second kappa shape index (κ2) is 5.66. The Morgan fingerprint density at radius 1 is 1.37 bits per heavy atom. The maximum Gasteiger partial charge on any atom is 0.351 e. The molecule has 0 saturated carbocycles. The molecule has 0 radical (unpaired) electrons. The van der Waals surface area contributed by atoms with Crippen molar-refractivity contribution in [1.82, 2.24) is 19.7 Å². The summed E-state index contributed by atoms with van der Waals surface area (Å²) in [4.78, 5) is 20.3. The lowest BCUT2D eigenvalue weighted by atomic mass is 10.4. The van der Waals surface area contributed by atoms with E-state index in [0.29, 0.717) is 5.13 Å². The van der Waals surface area contributed by atoms with Gasteiger partial charge in [0.05, 0.1) is 7.11 Å². The molecule has 0 spiro atoms. The minimum absolute atomic E-state index is 0.127. The van der Waals surface area contributed by atoms with Crippen LogP contribution in [0.1, 0.15) is 35.2 Å². The zero-order valence-corrected chi connectivity index (χ0v) is 12.4. The topological polar surface area (TPSA) is 69.9 Å². The normalized spacial score (nSPS) is 10.7. The number of hydrogen-bond donors (Lipinski definition) is 0. The summed E-state index contributed by atoms with van der Waals surface area (Å²) in [5.74, 6) is 1.03. The number of ether oxygens (including phenoxy) is 1. The van der Waals surface area contributed by atoms with Crippen molar-refractivity contribution in [3.05, 3.63) is 21.7 Å². The Morgan fingerprint density at radius 3 is 2.68 bits per heavy atom. The summed E-state index contributed by atoms with van der Waals surface area (Å²) in [7, 11) is 1.31. The lowest BCUT2D eigenvalue weighted by Crippen LogP contribution is -2.01. The van der Waals surface area contributed by atoms with Crippen LogP contribution >= 0.6 is 22.9 Å². The van der Waals surface area contributed by atoms with E-state index in [1.807, 2.05) is 13.8 Å². The van der Waals surface area contributed by atoms with Gasteiger partial charge in [0.2, 0.25) is 5.13 Å². The van der Waals surface area contributed by atoms with Crippen molar-refractivity contribution < 1.29 is 9.53 Å². The summed E-state index contributed by atoms with van der Waals surface area (Å²) in [6.45, 7) is 3.96. The zero-order valence-electron chi connectivity index (χ0n) is 10.8. The molecule has 0 saturated heterocycles. The quantitative estimate of drug-likeness (QED) is 0.810. The number of aryl methyl sites for hydroxylation is 2. The molecule has 2 rings (SSSR count). The van der Waals surface area contributed by atoms with Gasteiger partial charge >= 0.3 is 5.97 Å². The van der Waals surface area contributed by atoms with Crippen molar-refractivity contribution in [2.45, 2.75) is 26.7 Å². The number of methoxy groups -OCH3 is 1. The van der Waals surface area contributed by atoms with E-state index in [1.54, 1.807) is 4.68 Å². The van der Waals surface area contributed by atoms with Crippen LogP contribution in [0.15, 0.2) is 0 Å². The van der Waals surface area contributed by atoms with Gasteiger partial charge in [0.1, 0.15) is 5.82 Å². The van der Waals surface area contributed by atoms with Gasteiger partial charge in [0, 0.05) is 12.8 Å². The van der Waals surface area contributed by atoms with Crippen LogP contribution in [-0.2, 0) is 17.6 Å². The zero-order chi connectivity index (χ0) is 14.0. The lowest BCUT2D eigenvalue weighted by Gasteiger charge is -1.97. The lowest BCUT2D eigenvalue weighted by molar-refractivity contribution is 0.0606. The molecule has 0 N–H and O–H groups in total. The molecule has 2 aromatic heterocycles. The number of aromatic nitrogens is 4. The highest BCUT2D eigenvalue weighted by atomic mass is 35.5. The molecule has 102 valence electrons. The van der Waals surface area contributed by atoms with Gasteiger partial charge < -0.3 is 4.74 Å². The monoisotopic (exact) mass is 300 g/mol. The third-order valence-electron chi connectivity index (χ3n) is 2.48. The Hall–Kier alpha value is -1.47. The Balaban J connectivity index is 2.47. The Labute approximate surface area is 119 Å². The van der Waals surface area contributed by atoms with Gasteiger partial charge in [0.25, 0.3) is 0 Å². The minimum Gasteiger partial charge on any atom is -0.465 e. The molecule has 0 aliphatic rings. The Bertz CT molecular complexity index is 608. The van der Waals surface area contributed by atoms with Crippen molar-refractivity contribution in [2.24, 2.45) is 0 Å². The fourth-order valence-electron chi connectivity index (χ4n) is 1.52. The summed E-state index contributed by atoms with van der Waals surface area (Å²) in [6.07, 6.45) is 1.46. The van der Waals surface area contributed by atoms with Gasteiger partial charge in [-0.05, 0) is 0 Å². The van der Waals surface area contributed by atoms with Gasteiger partial charge in [0.15, 0.2) is 15.9 Å². The van der Waals surface area contributed by atoms with Crippen LogP contribution in [0.3, 0.4) is 0 Å². The molecule has 0 aliphatic carbocycles. The largest absolute Gasteiger partial charge is 0.465 e. The van der Waals surface area contributed by atoms with Crippen LogP contribution in [0, 0.1) is 0 Å². The van der Waals surface area contributed by atoms with E-state index in [-0.39, 0.29) is 10.0 Å². The van der Waals surface area contributed by atoms with E-state index >= 15 is 0 Å². The molecule has 2 aromatic rings. The highest BCUT2D eigenvalue weighted by molar-refractivity contribution is 7.16. The molecular weight excluding hydrogens is 288 g/mol. The molecule has 0 aliphatic heterocycles. The number of rotatable bonds is 4. The molecule has 8 heteroatoms. The van der Waals surface area contributed by atoms with E-state index in [1.165, 1.54) is 7.11 Å². The molecule has 6 nitrogen and oxygen atoms in total. The average molecular weight is 301 g/mol. The third-order valence-corrected chi connectivity index (χ3v) is 3.87. The summed E-state index contributed by atoms with van der Waals surface area (Å²) >= 11 is 7.08. The van der Waals surface area contributed by atoms with Crippen LogP contribution in [0.5, 0.6) is 0 Å². The molecule has 0 amide bonds. The molecule has 0 fully saturated rings. The maximum atomic E-state index is 11.5. The maximum absolute atomic E-state index is 11.5. The number of halogens is 1. The van der Waals surface area contributed by atoms with Gasteiger partial charge in [-0.15, -0.1) is 5.10 Å². The number of thiazole rings is 1. The number of esters is 1. The standard InChI is InChI=1S/C11H13ClN4O2S/c1-4-6-13-7(5-2)16(15-6)11-14-9(12)8(19-11)10(17)18-3/h4-5H2,1-3H3. The van der Waals surface area contributed by atoms with E-state index in [4.69, 9.17) is 11.6 Å². The van der Waals surface area contributed by atoms with Crippen LogP contribution in [0.2, 0.25) is 5.15 Å². The number of hydrogen-bond acceptors (Lipinski definition) is 6. The molecule has 19 heavy (non-hydrogen) atoms. The van der Waals surface area contributed by atoms with Crippen LogP contribution in [-0.4, -0.2) is 32.8 Å². The predicted molar refractivity (Wildman–Crippen MR) is 72.1 cm³/mol. The number of carbonyl (C=O) groups is 1. The molecule has 0 atom stereocenters.